The molecule has 0 aliphatic rings. The number of rotatable bonds is 5. The third kappa shape index (κ3) is 4.80. The van der Waals surface area contributed by atoms with E-state index in [2.05, 4.69) is 10.6 Å². The average Bonchev–Trinajstić information content (AvgIpc) is 2.76. The molecule has 0 heterocycles. The maximum Gasteiger partial charge on any atom is 0.255 e. The van der Waals surface area contributed by atoms with Crippen molar-refractivity contribution in [1.29, 1.82) is 5.26 Å². The van der Waals surface area contributed by atoms with Crippen molar-refractivity contribution in [3.05, 3.63) is 99.0 Å². The highest BCUT2D eigenvalue weighted by molar-refractivity contribution is 6.42. The SMILES string of the molecule is Cc1ccc(C(=O)NC(C#N)c2cccc(Cl)c2Cl)cc1NC(=O)c1ccccc1. The summed E-state index contributed by atoms with van der Waals surface area (Å²) in [5, 5.41) is 15.5. The van der Waals surface area contributed by atoms with Crippen LogP contribution in [-0.2, 0) is 0 Å². The van der Waals surface area contributed by atoms with Crippen molar-refractivity contribution in [1.82, 2.24) is 5.32 Å². The number of nitriles is 1. The molecular weight excluding hydrogens is 421 g/mol. The average molecular weight is 438 g/mol. The first-order valence-corrected chi connectivity index (χ1v) is 9.77. The Bertz CT molecular complexity index is 1140. The van der Waals surface area contributed by atoms with E-state index in [9.17, 15) is 14.9 Å². The van der Waals surface area contributed by atoms with Crippen LogP contribution < -0.4 is 10.6 Å². The van der Waals surface area contributed by atoms with Crippen molar-refractivity contribution in [2.75, 3.05) is 5.32 Å². The number of carbonyl (C=O) groups is 2. The summed E-state index contributed by atoms with van der Waals surface area (Å²) in [6.07, 6.45) is 0. The van der Waals surface area contributed by atoms with Crippen LogP contribution in [0.2, 0.25) is 10.0 Å². The number of nitrogens with zero attached hydrogens (tertiary/aromatic N) is 1. The molecule has 0 aliphatic heterocycles. The standard InChI is InChI=1S/C23H17Cl2N3O2/c1-14-10-11-16(12-19(14)27-22(29)15-6-3-2-4-7-15)23(30)28-20(13-26)17-8-5-9-18(24)21(17)25/h2-12,20H,1H3,(H,27,29)(H,28,30). The molecule has 0 fully saturated rings. The van der Waals surface area contributed by atoms with Crippen LogP contribution in [0.1, 0.15) is 37.9 Å². The van der Waals surface area contributed by atoms with Crippen molar-refractivity contribution in [3.63, 3.8) is 0 Å². The van der Waals surface area contributed by atoms with Gasteiger partial charge in [-0.2, -0.15) is 5.26 Å². The van der Waals surface area contributed by atoms with Crippen LogP contribution >= 0.6 is 23.2 Å². The Morgan fingerprint density at radius 1 is 0.933 bits per heavy atom. The number of hydrogen-bond acceptors (Lipinski definition) is 3. The van der Waals surface area contributed by atoms with E-state index in [0.29, 0.717) is 27.4 Å². The molecule has 3 aromatic rings. The minimum absolute atomic E-state index is 0.214. The summed E-state index contributed by atoms with van der Waals surface area (Å²) in [4.78, 5) is 25.2. The van der Waals surface area contributed by atoms with Gasteiger partial charge >= 0.3 is 0 Å². The summed E-state index contributed by atoms with van der Waals surface area (Å²) in [6, 6.07) is 19.6. The molecule has 2 N–H and O–H groups in total. The highest BCUT2D eigenvalue weighted by Gasteiger charge is 2.20. The number of halogens is 2. The Morgan fingerprint density at radius 3 is 2.37 bits per heavy atom. The first kappa shape index (κ1) is 21.4. The van der Waals surface area contributed by atoms with Crippen LogP contribution in [0.25, 0.3) is 0 Å². The molecule has 1 atom stereocenters. The Labute approximate surface area is 184 Å². The molecule has 5 nitrogen and oxygen atoms in total. The second-order valence-corrected chi connectivity index (χ2v) is 7.31. The molecule has 0 spiro atoms. The van der Waals surface area contributed by atoms with Crippen molar-refractivity contribution in [2.24, 2.45) is 0 Å². The molecule has 0 aromatic heterocycles. The van der Waals surface area contributed by atoms with Crippen LogP contribution in [0, 0.1) is 18.3 Å². The summed E-state index contributed by atoms with van der Waals surface area (Å²) in [5.74, 6) is -0.760. The van der Waals surface area contributed by atoms with Crippen LogP contribution in [0.15, 0.2) is 66.7 Å². The Hall–Kier alpha value is -3.33. The van der Waals surface area contributed by atoms with Crippen molar-refractivity contribution in [2.45, 2.75) is 13.0 Å². The van der Waals surface area contributed by atoms with Gasteiger partial charge in [-0.3, -0.25) is 9.59 Å². The fourth-order valence-corrected chi connectivity index (χ4v) is 3.24. The highest BCUT2D eigenvalue weighted by Crippen LogP contribution is 2.30. The molecule has 7 heteroatoms. The molecule has 2 amide bonds. The topological polar surface area (TPSA) is 82.0 Å². The molecule has 30 heavy (non-hydrogen) atoms. The first-order chi connectivity index (χ1) is 14.4. The lowest BCUT2D eigenvalue weighted by atomic mass is 10.1. The van der Waals surface area contributed by atoms with Gasteiger partial charge in [-0.25, -0.2) is 0 Å². The van der Waals surface area contributed by atoms with Gasteiger partial charge in [-0.05, 0) is 42.8 Å². The van der Waals surface area contributed by atoms with Crippen LogP contribution in [0.4, 0.5) is 5.69 Å². The third-order valence-corrected chi connectivity index (χ3v) is 5.31. The van der Waals surface area contributed by atoms with Gasteiger partial charge < -0.3 is 10.6 Å². The maximum absolute atomic E-state index is 12.8. The van der Waals surface area contributed by atoms with E-state index in [1.54, 1.807) is 60.7 Å². The largest absolute Gasteiger partial charge is 0.332 e. The van der Waals surface area contributed by atoms with E-state index in [1.165, 1.54) is 0 Å². The minimum atomic E-state index is -0.979. The van der Waals surface area contributed by atoms with E-state index in [0.717, 1.165) is 5.56 Å². The summed E-state index contributed by atoms with van der Waals surface area (Å²) in [7, 11) is 0. The smallest absolute Gasteiger partial charge is 0.255 e. The van der Waals surface area contributed by atoms with Gasteiger partial charge in [0.25, 0.3) is 11.8 Å². The number of anilines is 1. The Kier molecular flexibility index (Phi) is 6.73. The molecule has 0 aliphatic carbocycles. The normalized spacial score (nSPS) is 11.3. The molecule has 0 saturated heterocycles. The summed E-state index contributed by atoms with van der Waals surface area (Å²) < 4.78 is 0. The van der Waals surface area contributed by atoms with Gasteiger partial charge in [0.15, 0.2) is 0 Å². The molecule has 3 rings (SSSR count). The predicted molar refractivity (Wildman–Crippen MR) is 118 cm³/mol. The van der Waals surface area contributed by atoms with Gasteiger partial charge in [0.05, 0.1) is 16.1 Å². The Morgan fingerprint density at radius 2 is 1.67 bits per heavy atom. The quantitative estimate of drug-likeness (QED) is 0.548. The number of nitrogens with one attached hydrogen (secondary N) is 2. The van der Waals surface area contributed by atoms with Gasteiger partial charge in [0.1, 0.15) is 6.04 Å². The summed E-state index contributed by atoms with van der Waals surface area (Å²) in [6.45, 7) is 1.83. The number of aryl methyl sites for hydroxylation is 1. The zero-order valence-electron chi connectivity index (χ0n) is 15.9. The fraction of sp³-hybridized carbons (Fsp3) is 0.0870. The van der Waals surface area contributed by atoms with E-state index in [-0.39, 0.29) is 10.9 Å². The van der Waals surface area contributed by atoms with Crippen LogP contribution in [0.3, 0.4) is 0 Å². The monoisotopic (exact) mass is 437 g/mol. The third-order valence-electron chi connectivity index (χ3n) is 4.48. The van der Waals surface area contributed by atoms with E-state index >= 15 is 0 Å². The lowest BCUT2D eigenvalue weighted by Gasteiger charge is -2.15. The molecule has 1 unspecified atom stereocenters. The molecule has 0 saturated carbocycles. The van der Waals surface area contributed by atoms with E-state index < -0.39 is 11.9 Å². The molecule has 3 aromatic carbocycles. The van der Waals surface area contributed by atoms with Gasteiger partial charge in [-0.1, -0.05) is 59.6 Å². The van der Waals surface area contributed by atoms with Gasteiger partial charge in [0, 0.05) is 22.4 Å². The number of amides is 2. The number of benzene rings is 3. The van der Waals surface area contributed by atoms with Crippen molar-refractivity contribution >= 4 is 40.7 Å². The molecule has 0 bridgehead atoms. The molecule has 0 radical (unpaired) electrons. The maximum atomic E-state index is 12.8. The van der Waals surface area contributed by atoms with E-state index in [1.807, 2.05) is 19.1 Å². The minimum Gasteiger partial charge on any atom is -0.332 e. The van der Waals surface area contributed by atoms with Crippen molar-refractivity contribution in [3.8, 4) is 6.07 Å². The lowest BCUT2D eigenvalue weighted by molar-refractivity contribution is 0.0944. The Balaban J connectivity index is 1.81. The summed E-state index contributed by atoms with van der Waals surface area (Å²) >= 11 is 12.2. The zero-order valence-corrected chi connectivity index (χ0v) is 17.5. The fourth-order valence-electron chi connectivity index (χ4n) is 2.82. The first-order valence-electron chi connectivity index (χ1n) is 9.02. The number of carbonyl (C=O) groups excluding carboxylic acids is 2. The number of hydrogen-bond donors (Lipinski definition) is 2. The summed E-state index contributed by atoms with van der Waals surface area (Å²) in [5.41, 5.74) is 2.51. The van der Waals surface area contributed by atoms with Crippen molar-refractivity contribution < 1.29 is 9.59 Å². The van der Waals surface area contributed by atoms with Crippen LogP contribution in [-0.4, -0.2) is 11.8 Å². The second-order valence-electron chi connectivity index (χ2n) is 6.53. The predicted octanol–water partition coefficient (Wildman–Crippen LogP) is 5.55. The lowest BCUT2D eigenvalue weighted by Crippen LogP contribution is -2.28. The van der Waals surface area contributed by atoms with Gasteiger partial charge in [0.2, 0.25) is 0 Å². The van der Waals surface area contributed by atoms with Gasteiger partial charge in [-0.15, -0.1) is 0 Å². The van der Waals surface area contributed by atoms with Crippen LogP contribution in [0.5, 0.6) is 0 Å². The van der Waals surface area contributed by atoms with E-state index in [4.69, 9.17) is 23.2 Å². The zero-order chi connectivity index (χ0) is 21.7. The second kappa shape index (κ2) is 9.45. The molecular formula is C23H17Cl2N3O2. The highest BCUT2D eigenvalue weighted by atomic mass is 35.5. The molecule has 150 valence electrons.